The number of rotatable bonds is 9. The highest BCUT2D eigenvalue weighted by Crippen LogP contribution is 2.28. The first kappa shape index (κ1) is 25.7. The maximum Gasteiger partial charge on any atom is 0.242 e. The van der Waals surface area contributed by atoms with E-state index in [-0.39, 0.29) is 24.3 Å². The molecule has 0 radical (unpaired) electrons. The molecule has 1 saturated heterocycles. The summed E-state index contributed by atoms with van der Waals surface area (Å²) in [6.45, 7) is 3.29. The largest absolute Gasteiger partial charge is 0.497 e. The second-order valence-corrected chi connectivity index (χ2v) is 10.00. The summed E-state index contributed by atoms with van der Waals surface area (Å²) in [5.41, 5.74) is 2.96. The Balaban J connectivity index is 1.15. The van der Waals surface area contributed by atoms with Crippen molar-refractivity contribution in [3.05, 3.63) is 72.3 Å². The predicted molar refractivity (Wildman–Crippen MR) is 147 cm³/mol. The smallest absolute Gasteiger partial charge is 0.242 e. The van der Waals surface area contributed by atoms with E-state index >= 15 is 0 Å². The van der Waals surface area contributed by atoms with Crippen molar-refractivity contribution in [3.63, 3.8) is 0 Å². The van der Waals surface area contributed by atoms with Gasteiger partial charge in [0.25, 0.3) is 0 Å². The molecule has 0 atom stereocenters. The van der Waals surface area contributed by atoms with Gasteiger partial charge in [-0.2, -0.15) is 0 Å². The second kappa shape index (κ2) is 12.1. The average molecular weight is 514 g/mol. The molecule has 38 heavy (non-hydrogen) atoms. The van der Waals surface area contributed by atoms with E-state index in [0.717, 1.165) is 48.5 Å². The first-order chi connectivity index (χ1) is 18.6. The van der Waals surface area contributed by atoms with E-state index in [9.17, 15) is 9.59 Å². The zero-order chi connectivity index (χ0) is 26.3. The summed E-state index contributed by atoms with van der Waals surface area (Å²) < 4.78 is 5.22. The Hall–Kier alpha value is -3.94. The zero-order valence-electron chi connectivity index (χ0n) is 22.0. The third-order valence-corrected chi connectivity index (χ3v) is 7.60. The first-order valence-electron chi connectivity index (χ1n) is 13.4. The molecule has 0 spiro atoms. The van der Waals surface area contributed by atoms with Gasteiger partial charge in [-0.15, -0.1) is 10.2 Å². The van der Waals surface area contributed by atoms with Gasteiger partial charge in [0.15, 0.2) is 5.82 Å². The molecule has 1 aliphatic heterocycles. The van der Waals surface area contributed by atoms with Gasteiger partial charge >= 0.3 is 0 Å². The van der Waals surface area contributed by atoms with Gasteiger partial charge in [-0.25, -0.2) is 0 Å². The van der Waals surface area contributed by atoms with E-state index in [1.807, 2.05) is 59.5 Å². The number of benzene rings is 2. The molecule has 1 saturated carbocycles. The summed E-state index contributed by atoms with van der Waals surface area (Å²) in [6.07, 6.45) is 3.73. The number of amides is 2. The number of methoxy groups -OCH3 is 1. The molecule has 2 heterocycles. The Bertz CT molecular complexity index is 1200. The minimum atomic E-state index is 0.0197. The molecule has 5 rings (SSSR count). The number of nitrogens with zero attached hydrogens (tertiary/aromatic N) is 5. The summed E-state index contributed by atoms with van der Waals surface area (Å²) in [7, 11) is 1.65. The molecule has 2 fully saturated rings. The Morgan fingerprint density at radius 2 is 1.66 bits per heavy atom. The lowest BCUT2D eigenvalue weighted by molar-refractivity contribution is -0.144. The molecule has 1 aromatic heterocycles. The molecule has 8 heteroatoms. The van der Waals surface area contributed by atoms with Crippen molar-refractivity contribution in [3.8, 4) is 17.0 Å². The highest BCUT2D eigenvalue weighted by molar-refractivity contribution is 5.86. The highest BCUT2D eigenvalue weighted by Gasteiger charge is 2.32. The van der Waals surface area contributed by atoms with Crippen LogP contribution in [-0.4, -0.2) is 78.2 Å². The van der Waals surface area contributed by atoms with Crippen LogP contribution in [0, 0.1) is 5.92 Å². The van der Waals surface area contributed by atoms with Crippen LogP contribution in [0.4, 0.5) is 5.82 Å². The molecule has 8 nitrogen and oxygen atoms in total. The fourth-order valence-electron chi connectivity index (χ4n) is 4.95. The summed E-state index contributed by atoms with van der Waals surface area (Å²) in [5.74, 6) is 1.84. The van der Waals surface area contributed by atoms with Crippen LogP contribution in [0.5, 0.6) is 5.75 Å². The number of carbonyl (C=O) groups excluding carboxylic acids is 2. The van der Waals surface area contributed by atoms with Crippen LogP contribution in [0.15, 0.2) is 66.7 Å². The molecule has 198 valence electrons. The SMILES string of the molecule is COc1ccc(-c2ccc(N3CCN(C(=O)CN(CCc4ccccc4)C(=O)C4CCC4)CC3)nn2)cc1. The summed E-state index contributed by atoms with van der Waals surface area (Å²) in [6, 6.07) is 21.8. The van der Waals surface area contributed by atoms with Gasteiger partial charge in [0.1, 0.15) is 5.75 Å². The lowest BCUT2D eigenvalue weighted by atomic mass is 9.84. The average Bonchev–Trinajstić information content (AvgIpc) is 2.95. The molecular formula is C30H35N5O3. The van der Waals surface area contributed by atoms with E-state index in [1.165, 1.54) is 5.56 Å². The predicted octanol–water partition coefficient (Wildman–Crippen LogP) is 3.67. The van der Waals surface area contributed by atoms with Crippen LogP contribution in [0.1, 0.15) is 24.8 Å². The van der Waals surface area contributed by atoms with Gasteiger partial charge in [-0.1, -0.05) is 36.8 Å². The Labute approximate surface area is 224 Å². The minimum absolute atomic E-state index is 0.0197. The maximum absolute atomic E-state index is 13.2. The number of ether oxygens (including phenoxy) is 1. The quantitative estimate of drug-likeness (QED) is 0.435. The first-order valence-corrected chi connectivity index (χ1v) is 13.4. The van der Waals surface area contributed by atoms with E-state index in [0.29, 0.717) is 32.7 Å². The van der Waals surface area contributed by atoms with Crippen LogP contribution in [0.25, 0.3) is 11.3 Å². The standard InChI is InChI=1S/C30H35N5O3/c1-38-26-12-10-24(11-13-26)27-14-15-28(32-31-27)33-18-20-34(21-19-33)29(36)22-35(30(37)25-8-5-9-25)17-16-23-6-3-2-4-7-23/h2-4,6-7,10-15,25H,5,8-9,16-22H2,1H3. The summed E-state index contributed by atoms with van der Waals surface area (Å²) >= 11 is 0. The van der Waals surface area contributed by atoms with Crippen molar-refractivity contribution in [1.82, 2.24) is 20.0 Å². The van der Waals surface area contributed by atoms with Gasteiger partial charge in [0.05, 0.1) is 19.3 Å². The number of carbonyl (C=O) groups is 2. The number of hydrogen-bond donors (Lipinski definition) is 0. The monoisotopic (exact) mass is 513 g/mol. The van der Waals surface area contributed by atoms with E-state index in [1.54, 1.807) is 12.0 Å². The molecule has 1 aliphatic carbocycles. The van der Waals surface area contributed by atoms with Crippen molar-refractivity contribution in [2.45, 2.75) is 25.7 Å². The van der Waals surface area contributed by atoms with Crippen molar-refractivity contribution >= 4 is 17.6 Å². The third kappa shape index (κ3) is 6.13. The lowest BCUT2D eigenvalue weighted by Crippen LogP contribution is -2.53. The number of anilines is 1. The molecule has 2 amide bonds. The molecule has 2 aromatic carbocycles. The third-order valence-electron chi connectivity index (χ3n) is 7.60. The number of piperazine rings is 1. The van der Waals surface area contributed by atoms with Crippen LogP contribution >= 0.6 is 0 Å². The molecule has 0 bridgehead atoms. The highest BCUT2D eigenvalue weighted by atomic mass is 16.5. The van der Waals surface area contributed by atoms with Gasteiger partial charge in [-0.05, 0) is 61.2 Å². The normalized spacial score (nSPS) is 15.6. The van der Waals surface area contributed by atoms with Crippen LogP contribution in [0.2, 0.25) is 0 Å². The Morgan fingerprint density at radius 1 is 0.921 bits per heavy atom. The van der Waals surface area contributed by atoms with Gasteiger partial charge in [-0.3, -0.25) is 9.59 Å². The van der Waals surface area contributed by atoms with Crippen molar-refractivity contribution < 1.29 is 14.3 Å². The fraction of sp³-hybridized carbons (Fsp3) is 0.400. The molecule has 2 aliphatic rings. The van der Waals surface area contributed by atoms with Gasteiger partial charge < -0.3 is 19.4 Å². The minimum Gasteiger partial charge on any atom is -0.497 e. The topological polar surface area (TPSA) is 78.9 Å². The number of aromatic nitrogens is 2. The van der Waals surface area contributed by atoms with Crippen LogP contribution < -0.4 is 9.64 Å². The van der Waals surface area contributed by atoms with Crippen molar-refractivity contribution in [2.75, 3.05) is 51.3 Å². The summed E-state index contributed by atoms with van der Waals surface area (Å²) in [5, 5.41) is 8.85. The molecule has 3 aromatic rings. The second-order valence-electron chi connectivity index (χ2n) is 10.00. The summed E-state index contributed by atoms with van der Waals surface area (Å²) in [4.78, 5) is 32.1. The van der Waals surface area contributed by atoms with Crippen molar-refractivity contribution in [1.29, 1.82) is 0 Å². The molecular weight excluding hydrogens is 478 g/mol. The van der Waals surface area contributed by atoms with Crippen LogP contribution in [0.3, 0.4) is 0 Å². The van der Waals surface area contributed by atoms with Crippen LogP contribution in [-0.2, 0) is 16.0 Å². The maximum atomic E-state index is 13.2. The Morgan fingerprint density at radius 3 is 2.26 bits per heavy atom. The molecule has 0 unspecified atom stereocenters. The fourth-order valence-corrected chi connectivity index (χ4v) is 4.95. The van der Waals surface area contributed by atoms with E-state index < -0.39 is 0 Å². The van der Waals surface area contributed by atoms with Gasteiger partial charge in [0, 0.05) is 44.2 Å². The van der Waals surface area contributed by atoms with E-state index in [4.69, 9.17) is 4.74 Å². The van der Waals surface area contributed by atoms with Gasteiger partial charge in [0.2, 0.25) is 11.8 Å². The number of hydrogen-bond acceptors (Lipinski definition) is 6. The lowest BCUT2D eigenvalue weighted by Gasteiger charge is -2.37. The Kier molecular flexibility index (Phi) is 8.16. The van der Waals surface area contributed by atoms with E-state index in [2.05, 4.69) is 27.2 Å². The molecule has 0 N–H and O–H groups in total. The zero-order valence-corrected chi connectivity index (χ0v) is 22.0. The van der Waals surface area contributed by atoms with Crippen molar-refractivity contribution in [2.24, 2.45) is 5.92 Å².